The highest BCUT2D eigenvalue weighted by Crippen LogP contribution is 2.17. The molecule has 3 N–H and O–H groups in total. The second-order valence-electron chi connectivity index (χ2n) is 5.33. The van der Waals surface area contributed by atoms with Gasteiger partial charge < -0.3 is 15.8 Å². The van der Waals surface area contributed by atoms with E-state index < -0.39 is 5.92 Å². The van der Waals surface area contributed by atoms with Crippen LogP contribution in [0.5, 0.6) is 0 Å². The van der Waals surface area contributed by atoms with Crippen LogP contribution in [-0.2, 0) is 16.1 Å². The van der Waals surface area contributed by atoms with Crippen molar-refractivity contribution < 1.29 is 14.3 Å². The molecule has 0 aromatic heterocycles. The molecule has 25 heavy (non-hydrogen) atoms. The number of benzene rings is 2. The van der Waals surface area contributed by atoms with Gasteiger partial charge >= 0.3 is 5.97 Å². The van der Waals surface area contributed by atoms with Crippen molar-refractivity contribution in [3.05, 3.63) is 71.3 Å². The molecular weight excluding hydrogens is 340 g/mol. The average molecular weight is 363 g/mol. The molecule has 0 saturated carbocycles. The van der Waals surface area contributed by atoms with Gasteiger partial charge in [-0.2, -0.15) is 0 Å². The van der Waals surface area contributed by atoms with E-state index in [1.807, 2.05) is 42.5 Å². The summed E-state index contributed by atoms with van der Waals surface area (Å²) in [5.41, 5.74) is 7.85. The van der Waals surface area contributed by atoms with Crippen LogP contribution in [0.15, 0.2) is 54.6 Å². The van der Waals surface area contributed by atoms with Gasteiger partial charge in [-0.1, -0.05) is 42.5 Å². The molecule has 134 valence electrons. The van der Waals surface area contributed by atoms with E-state index in [-0.39, 0.29) is 30.8 Å². The summed E-state index contributed by atoms with van der Waals surface area (Å²) >= 11 is 0. The molecule has 0 spiro atoms. The molecule has 0 aliphatic heterocycles. The molecular formula is C19H23ClN2O3. The van der Waals surface area contributed by atoms with Crippen molar-refractivity contribution >= 4 is 24.3 Å². The van der Waals surface area contributed by atoms with Crippen LogP contribution in [-0.4, -0.2) is 25.0 Å². The minimum atomic E-state index is -0.529. The number of hydrogen-bond donors (Lipinski definition) is 2. The normalized spacial score (nSPS) is 11.1. The maximum Gasteiger partial charge on any atom is 0.315 e. The van der Waals surface area contributed by atoms with Crippen LogP contribution >= 0.6 is 12.4 Å². The molecule has 1 atom stereocenters. The number of rotatable bonds is 7. The quantitative estimate of drug-likeness (QED) is 0.742. The largest absolute Gasteiger partial charge is 0.465 e. The predicted molar refractivity (Wildman–Crippen MR) is 99.7 cm³/mol. The van der Waals surface area contributed by atoms with Crippen LogP contribution in [0.1, 0.15) is 34.3 Å². The number of esters is 1. The first-order valence-electron chi connectivity index (χ1n) is 7.94. The summed E-state index contributed by atoms with van der Waals surface area (Å²) in [6, 6.07) is 16.4. The molecule has 2 rings (SSSR count). The third-order valence-electron chi connectivity index (χ3n) is 3.69. The maximum atomic E-state index is 12.3. The zero-order valence-corrected chi connectivity index (χ0v) is 14.9. The Balaban J connectivity index is 0.00000312. The van der Waals surface area contributed by atoms with Gasteiger partial charge in [0.25, 0.3) is 5.91 Å². The van der Waals surface area contributed by atoms with Gasteiger partial charge in [0.05, 0.1) is 12.5 Å². The highest BCUT2D eigenvalue weighted by atomic mass is 35.5. The molecule has 0 aliphatic carbocycles. The van der Waals surface area contributed by atoms with Gasteiger partial charge in [-0.05, 0) is 30.2 Å². The maximum absolute atomic E-state index is 12.3. The van der Waals surface area contributed by atoms with Gasteiger partial charge in [-0.25, -0.2) is 0 Å². The van der Waals surface area contributed by atoms with Gasteiger partial charge in [-0.15, -0.1) is 12.4 Å². The number of amides is 1. The second kappa shape index (κ2) is 10.5. The lowest BCUT2D eigenvalue weighted by molar-refractivity contribution is -0.144. The Kier molecular flexibility index (Phi) is 8.67. The van der Waals surface area contributed by atoms with E-state index in [0.29, 0.717) is 18.7 Å². The second-order valence-corrected chi connectivity index (χ2v) is 5.33. The number of nitrogens with one attached hydrogen (secondary N) is 1. The molecule has 5 nitrogen and oxygen atoms in total. The van der Waals surface area contributed by atoms with Crippen LogP contribution in [0.4, 0.5) is 0 Å². The number of nitrogens with two attached hydrogens (primary N) is 1. The van der Waals surface area contributed by atoms with Crippen molar-refractivity contribution in [2.75, 3.05) is 13.2 Å². The summed E-state index contributed by atoms with van der Waals surface area (Å²) in [6.07, 6.45) is 0. The molecule has 1 amide bonds. The molecule has 0 radical (unpaired) electrons. The first kappa shape index (κ1) is 20.7. The van der Waals surface area contributed by atoms with Gasteiger partial charge in [-0.3, -0.25) is 9.59 Å². The Bertz CT molecular complexity index is 675. The molecule has 0 fully saturated rings. The van der Waals surface area contributed by atoms with Crippen molar-refractivity contribution in [3.63, 3.8) is 0 Å². The Morgan fingerprint density at radius 2 is 1.72 bits per heavy atom. The molecule has 2 aromatic carbocycles. The monoisotopic (exact) mass is 362 g/mol. The van der Waals surface area contributed by atoms with E-state index >= 15 is 0 Å². The number of carbonyl (C=O) groups excluding carboxylic acids is 2. The number of hydrogen-bond acceptors (Lipinski definition) is 4. The lowest BCUT2D eigenvalue weighted by atomic mass is 9.99. The standard InChI is InChI=1S/C19H22N2O3.ClH/c1-2-24-19(23)17(15-6-4-3-5-7-15)13-21-18(22)16-10-8-14(12-20)9-11-16;/h3-11,17H,2,12-13,20H2,1H3,(H,21,22);1H. The van der Waals surface area contributed by atoms with Crippen LogP contribution in [0.3, 0.4) is 0 Å². The molecule has 0 aliphatic rings. The van der Waals surface area contributed by atoms with Gasteiger partial charge in [0.2, 0.25) is 0 Å². The molecule has 1 unspecified atom stereocenters. The summed E-state index contributed by atoms with van der Waals surface area (Å²) in [7, 11) is 0. The van der Waals surface area contributed by atoms with E-state index in [1.165, 1.54) is 0 Å². The van der Waals surface area contributed by atoms with E-state index in [0.717, 1.165) is 11.1 Å². The molecule has 0 heterocycles. The molecule has 6 heteroatoms. The fraction of sp³-hybridized carbons (Fsp3) is 0.263. The Hall–Kier alpha value is -2.37. The van der Waals surface area contributed by atoms with Crippen molar-refractivity contribution in [1.82, 2.24) is 5.32 Å². The molecule has 2 aromatic rings. The fourth-order valence-electron chi connectivity index (χ4n) is 2.35. The summed E-state index contributed by atoms with van der Waals surface area (Å²) in [5, 5.41) is 2.80. The van der Waals surface area contributed by atoms with E-state index in [2.05, 4.69) is 5.32 Å². The van der Waals surface area contributed by atoms with Crippen molar-refractivity contribution in [1.29, 1.82) is 0 Å². The highest BCUT2D eigenvalue weighted by molar-refractivity contribution is 5.94. The van der Waals surface area contributed by atoms with Crippen LogP contribution in [0.2, 0.25) is 0 Å². The number of carbonyl (C=O) groups is 2. The minimum Gasteiger partial charge on any atom is -0.465 e. The van der Waals surface area contributed by atoms with Crippen LogP contribution in [0, 0.1) is 0 Å². The van der Waals surface area contributed by atoms with E-state index in [4.69, 9.17) is 10.5 Å². The van der Waals surface area contributed by atoms with Crippen molar-refractivity contribution in [2.45, 2.75) is 19.4 Å². The molecule has 0 bridgehead atoms. The van der Waals surface area contributed by atoms with Gasteiger partial charge in [0.15, 0.2) is 0 Å². The Morgan fingerprint density at radius 3 is 2.28 bits per heavy atom. The zero-order valence-electron chi connectivity index (χ0n) is 14.1. The summed E-state index contributed by atoms with van der Waals surface area (Å²) in [6.45, 7) is 2.68. The predicted octanol–water partition coefficient (Wildman–Crippen LogP) is 2.64. The van der Waals surface area contributed by atoms with Gasteiger partial charge in [0.1, 0.15) is 0 Å². The van der Waals surface area contributed by atoms with Crippen LogP contribution in [0.25, 0.3) is 0 Å². The third-order valence-corrected chi connectivity index (χ3v) is 3.69. The highest BCUT2D eigenvalue weighted by Gasteiger charge is 2.22. The summed E-state index contributed by atoms with van der Waals surface area (Å²) < 4.78 is 5.12. The topological polar surface area (TPSA) is 81.4 Å². The smallest absolute Gasteiger partial charge is 0.315 e. The Labute approximate surface area is 154 Å². The first-order chi connectivity index (χ1) is 11.7. The lowest BCUT2D eigenvalue weighted by Gasteiger charge is -2.17. The number of halogens is 1. The minimum absolute atomic E-state index is 0. The third kappa shape index (κ3) is 5.89. The average Bonchev–Trinajstić information content (AvgIpc) is 2.63. The fourth-order valence-corrected chi connectivity index (χ4v) is 2.35. The van der Waals surface area contributed by atoms with E-state index in [9.17, 15) is 9.59 Å². The van der Waals surface area contributed by atoms with Crippen molar-refractivity contribution in [3.8, 4) is 0 Å². The summed E-state index contributed by atoms with van der Waals surface area (Å²) in [4.78, 5) is 24.5. The first-order valence-corrected chi connectivity index (χ1v) is 7.94. The van der Waals surface area contributed by atoms with Crippen molar-refractivity contribution in [2.24, 2.45) is 5.73 Å². The lowest BCUT2D eigenvalue weighted by Crippen LogP contribution is -2.32. The Morgan fingerprint density at radius 1 is 1.08 bits per heavy atom. The van der Waals surface area contributed by atoms with E-state index in [1.54, 1.807) is 19.1 Å². The van der Waals surface area contributed by atoms with Gasteiger partial charge in [0, 0.05) is 18.7 Å². The molecule has 0 saturated heterocycles. The van der Waals surface area contributed by atoms with Crippen LogP contribution < -0.4 is 11.1 Å². The SMILES string of the molecule is CCOC(=O)C(CNC(=O)c1ccc(CN)cc1)c1ccccc1.Cl. The summed E-state index contributed by atoms with van der Waals surface area (Å²) in [5.74, 6) is -1.11. The number of ether oxygens (including phenoxy) is 1. The zero-order chi connectivity index (χ0) is 17.4.